The summed E-state index contributed by atoms with van der Waals surface area (Å²) < 4.78 is 0. The van der Waals surface area contributed by atoms with E-state index >= 15 is 0 Å². The lowest BCUT2D eigenvalue weighted by molar-refractivity contribution is 0.103. The van der Waals surface area contributed by atoms with E-state index in [0.717, 1.165) is 5.56 Å². The Morgan fingerprint density at radius 2 is 2.16 bits per heavy atom. The van der Waals surface area contributed by atoms with E-state index in [1.807, 2.05) is 13.0 Å². The number of carbonyl (C=O) groups is 1. The summed E-state index contributed by atoms with van der Waals surface area (Å²) in [5.41, 5.74) is 1.58. The number of thiophene rings is 1. The molecule has 1 heterocycles. The van der Waals surface area contributed by atoms with Crippen LogP contribution in [0.15, 0.2) is 23.6 Å². The molecule has 0 spiro atoms. The first-order chi connectivity index (χ1) is 9.02. The molecule has 2 rings (SSSR count). The Labute approximate surface area is 124 Å². The van der Waals surface area contributed by atoms with Gasteiger partial charge in [-0.3, -0.25) is 4.79 Å². The van der Waals surface area contributed by atoms with Crippen LogP contribution in [0.5, 0.6) is 0 Å². The fraction of sp³-hybridized carbons (Fsp3) is 0.0769. The lowest BCUT2D eigenvalue weighted by atomic mass is 10.2. The average molecular weight is 311 g/mol. The maximum absolute atomic E-state index is 12.1. The number of halogens is 2. The standard InChI is InChI=1S/C13H8Cl2N2OS/c1-7-6-19-12(11(7)15)13(18)17-10-4-9(14)3-2-8(10)5-16/h2-4,6H,1H3,(H,17,18). The summed E-state index contributed by atoms with van der Waals surface area (Å²) in [7, 11) is 0. The molecule has 2 aromatic rings. The fourth-order valence-electron chi connectivity index (χ4n) is 1.48. The molecule has 0 saturated carbocycles. The van der Waals surface area contributed by atoms with E-state index in [2.05, 4.69) is 5.32 Å². The van der Waals surface area contributed by atoms with Crippen molar-refractivity contribution >= 4 is 46.1 Å². The van der Waals surface area contributed by atoms with E-state index in [4.69, 9.17) is 28.5 Å². The minimum atomic E-state index is -0.345. The molecule has 0 aliphatic carbocycles. The van der Waals surface area contributed by atoms with E-state index in [0.29, 0.717) is 26.2 Å². The van der Waals surface area contributed by atoms with E-state index in [9.17, 15) is 4.79 Å². The van der Waals surface area contributed by atoms with Gasteiger partial charge in [-0.15, -0.1) is 11.3 Å². The molecule has 0 aliphatic heterocycles. The number of rotatable bonds is 2. The quantitative estimate of drug-likeness (QED) is 0.888. The smallest absolute Gasteiger partial charge is 0.267 e. The molecule has 0 aliphatic rings. The van der Waals surface area contributed by atoms with Crippen molar-refractivity contribution < 1.29 is 4.79 Å². The van der Waals surface area contributed by atoms with Gasteiger partial charge in [0.25, 0.3) is 5.91 Å². The van der Waals surface area contributed by atoms with Gasteiger partial charge in [0.1, 0.15) is 10.9 Å². The molecule has 0 saturated heterocycles. The number of nitriles is 1. The third-order valence-corrected chi connectivity index (χ3v) is 4.39. The van der Waals surface area contributed by atoms with Crippen LogP contribution < -0.4 is 5.32 Å². The van der Waals surface area contributed by atoms with Gasteiger partial charge in [-0.05, 0) is 36.1 Å². The summed E-state index contributed by atoms with van der Waals surface area (Å²) in [5, 5.41) is 14.3. The molecule has 1 aromatic heterocycles. The molecule has 3 nitrogen and oxygen atoms in total. The van der Waals surface area contributed by atoms with Crippen molar-refractivity contribution in [1.29, 1.82) is 5.26 Å². The van der Waals surface area contributed by atoms with Crippen molar-refractivity contribution in [3.63, 3.8) is 0 Å². The summed E-state index contributed by atoms with van der Waals surface area (Å²) >= 11 is 13.1. The molecule has 6 heteroatoms. The van der Waals surface area contributed by atoms with Crippen LogP contribution >= 0.6 is 34.5 Å². The zero-order valence-electron chi connectivity index (χ0n) is 9.83. The molecule has 0 radical (unpaired) electrons. The van der Waals surface area contributed by atoms with Crippen LogP contribution in [0.3, 0.4) is 0 Å². The number of amides is 1. The number of anilines is 1. The molecule has 1 aromatic carbocycles. The van der Waals surface area contributed by atoms with E-state index in [1.165, 1.54) is 17.4 Å². The Morgan fingerprint density at radius 1 is 1.42 bits per heavy atom. The van der Waals surface area contributed by atoms with Gasteiger partial charge in [0, 0.05) is 5.02 Å². The second-order valence-corrected chi connectivity index (χ2v) is 5.51. The first-order valence-corrected chi connectivity index (χ1v) is 6.91. The third-order valence-electron chi connectivity index (χ3n) is 2.46. The van der Waals surface area contributed by atoms with Crippen molar-refractivity contribution in [2.75, 3.05) is 5.32 Å². The van der Waals surface area contributed by atoms with Gasteiger partial charge in [-0.25, -0.2) is 0 Å². The predicted molar refractivity (Wildman–Crippen MR) is 78.2 cm³/mol. The largest absolute Gasteiger partial charge is 0.320 e. The zero-order valence-corrected chi connectivity index (χ0v) is 12.2. The number of hydrogen-bond acceptors (Lipinski definition) is 3. The monoisotopic (exact) mass is 310 g/mol. The van der Waals surface area contributed by atoms with Crippen LogP contribution in [-0.2, 0) is 0 Å². The highest BCUT2D eigenvalue weighted by atomic mass is 35.5. The van der Waals surface area contributed by atoms with Gasteiger partial charge in [-0.2, -0.15) is 5.26 Å². The van der Waals surface area contributed by atoms with Gasteiger partial charge < -0.3 is 5.32 Å². The number of nitrogens with one attached hydrogen (secondary N) is 1. The molecule has 0 bridgehead atoms. The second kappa shape index (κ2) is 5.62. The number of carbonyl (C=O) groups excluding carboxylic acids is 1. The first kappa shape index (κ1) is 13.9. The van der Waals surface area contributed by atoms with E-state index < -0.39 is 0 Å². The summed E-state index contributed by atoms with van der Waals surface area (Å²) in [6.45, 7) is 1.83. The minimum absolute atomic E-state index is 0.345. The molecule has 0 fully saturated rings. The average Bonchev–Trinajstić information content (AvgIpc) is 2.70. The molecule has 1 N–H and O–H groups in total. The molecule has 0 unspecified atom stereocenters. The Kier molecular flexibility index (Phi) is 4.11. The van der Waals surface area contributed by atoms with Gasteiger partial charge in [-0.1, -0.05) is 23.2 Å². The number of hydrogen-bond donors (Lipinski definition) is 1. The molecular formula is C13H8Cl2N2OS. The number of benzene rings is 1. The summed E-state index contributed by atoms with van der Waals surface area (Å²) in [6.07, 6.45) is 0. The second-order valence-electron chi connectivity index (χ2n) is 3.82. The maximum atomic E-state index is 12.1. The molecule has 96 valence electrons. The molecule has 1 amide bonds. The predicted octanol–water partition coefficient (Wildman–Crippen LogP) is 4.49. The van der Waals surface area contributed by atoms with Crippen LogP contribution in [-0.4, -0.2) is 5.91 Å². The van der Waals surface area contributed by atoms with E-state index in [-0.39, 0.29) is 5.91 Å². The SMILES string of the molecule is Cc1csc(C(=O)Nc2cc(Cl)ccc2C#N)c1Cl. The minimum Gasteiger partial charge on any atom is -0.320 e. The molecule has 0 atom stereocenters. The Hall–Kier alpha value is -1.54. The van der Waals surface area contributed by atoms with Crippen LogP contribution in [0, 0.1) is 18.3 Å². The topological polar surface area (TPSA) is 52.9 Å². The Balaban J connectivity index is 2.32. The summed E-state index contributed by atoms with van der Waals surface area (Å²) in [6, 6.07) is 6.68. The number of aryl methyl sites for hydroxylation is 1. The lowest BCUT2D eigenvalue weighted by Gasteiger charge is -2.06. The van der Waals surface area contributed by atoms with Gasteiger partial charge >= 0.3 is 0 Å². The van der Waals surface area contributed by atoms with Crippen LogP contribution in [0.2, 0.25) is 10.0 Å². The highest BCUT2D eigenvalue weighted by Crippen LogP contribution is 2.29. The normalized spacial score (nSPS) is 10.0. The summed E-state index contributed by atoms with van der Waals surface area (Å²) in [4.78, 5) is 12.5. The van der Waals surface area contributed by atoms with Crippen molar-refractivity contribution in [2.45, 2.75) is 6.92 Å². The van der Waals surface area contributed by atoms with Gasteiger partial charge in [0.2, 0.25) is 0 Å². The van der Waals surface area contributed by atoms with Crippen molar-refractivity contribution in [3.05, 3.63) is 49.6 Å². The van der Waals surface area contributed by atoms with Crippen LogP contribution in [0.25, 0.3) is 0 Å². The van der Waals surface area contributed by atoms with Gasteiger partial charge in [0.05, 0.1) is 16.3 Å². The highest BCUT2D eigenvalue weighted by Gasteiger charge is 2.16. The zero-order chi connectivity index (χ0) is 14.0. The first-order valence-electron chi connectivity index (χ1n) is 5.27. The van der Waals surface area contributed by atoms with Crippen LogP contribution in [0.1, 0.15) is 20.8 Å². The van der Waals surface area contributed by atoms with Crippen molar-refractivity contribution in [1.82, 2.24) is 0 Å². The fourth-order valence-corrected chi connectivity index (χ4v) is 2.83. The molecular weight excluding hydrogens is 303 g/mol. The summed E-state index contributed by atoms with van der Waals surface area (Å²) in [5.74, 6) is -0.345. The third kappa shape index (κ3) is 2.90. The van der Waals surface area contributed by atoms with E-state index in [1.54, 1.807) is 17.5 Å². The highest BCUT2D eigenvalue weighted by molar-refractivity contribution is 7.13. The lowest BCUT2D eigenvalue weighted by Crippen LogP contribution is -2.11. The van der Waals surface area contributed by atoms with Crippen LogP contribution in [0.4, 0.5) is 5.69 Å². The Bertz CT molecular complexity index is 688. The van der Waals surface area contributed by atoms with Crippen molar-refractivity contribution in [3.8, 4) is 6.07 Å². The maximum Gasteiger partial charge on any atom is 0.267 e. The van der Waals surface area contributed by atoms with Crippen molar-refractivity contribution in [2.24, 2.45) is 0 Å². The Morgan fingerprint density at radius 3 is 2.74 bits per heavy atom. The molecule has 19 heavy (non-hydrogen) atoms. The number of nitrogens with zero attached hydrogens (tertiary/aromatic N) is 1. The van der Waals surface area contributed by atoms with Gasteiger partial charge in [0.15, 0.2) is 0 Å².